The third kappa shape index (κ3) is 2.42. The van der Waals surface area contributed by atoms with Crippen LogP contribution in [0.3, 0.4) is 0 Å². The quantitative estimate of drug-likeness (QED) is 0.877. The number of carbonyl (C=O) groups is 1. The van der Waals surface area contributed by atoms with Crippen LogP contribution in [-0.2, 0) is 13.0 Å². The second-order valence-electron chi connectivity index (χ2n) is 4.72. The number of nitrogens with one attached hydrogen (secondary N) is 2. The summed E-state index contributed by atoms with van der Waals surface area (Å²) in [5, 5.41) is 9.72. The molecule has 6 heteroatoms. The molecule has 0 spiro atoms. The Bertz CT molecular complexity index is 623. The summed E-state index contributed by atoms with van der Waals surface area (Å²) in [4.78, 5) is 15.8. The molecule has 2 N–H and O–H groups in total. The van der Waals surface area contributed by atoms with Gasteiger partial charge in [-0.05, 0) is 24.5 Å². The van der Waals surface area contributed by atoms with E-state index in [1.165, 1.54) is 11.1 Å². The molecule has 0 aliphatic carbocycles. The van der Waals surface area contributed by atoms with Crippen molar-refractivity contribution in [3.8, 4) is 0 Å². The highest BCUT2D eigenvalue weighted by Gasteiger charge is 2.25. The Morgan fingerprint density at radius 1 is 1.45 bits per heavy atom. The highest BCUT2D eigenvalue weighted by atomic mass is 16.5. The van der Waals surface area contributed by atoms with Gasteiger partial charge in [0.2, 0.25) is 5.89 Å². The first-order chi connectivity index (χ1) is 9.78. The average molecular weight is 272 g/mol. The van der Waals surface area contributed by atoms with Crippen molar-refractivity contribution in [1.29, 1.82) is 0 Å². The summed E-state index contributed by atoms with van der Waals surface area (Å²) in [6.45, 7) is 3.15. The zero-order valence-electron chi connectivity index (χ0n) is 11.2. The lowest BCUT2D eigenvalue weighted by atomic mass is 9.96. The third-order valence-corrected chi connectivity index (χ3v) is 3.36. The molecule has 1 aliphatic rings. The largest absolute Gasteiger partial charge is 0.349 e. The number of aromatic nitrogens is 2. The van der Waals surface area contributed by atoms with E-state index in [1.54, 1.807) is 0 Å². The second-order valence-corrected chi connectivity index (χ2v) is 4.72. The van der Waals surface area contributed by atoms with E-state index in [2.05, 4.69) is 32.9 Å². The molecule has 20 heavy (non-hydrogen) atoms. The molecule has 1 atom stereocenters. The predicted molar refractivity (Wildman–Crippen MR) is 72.0 cm³/mol. The summed E-state index contributed by atoms with van der Waals surface area (Å²) in [7, 11) is 0. The summed E-state index contributed by atoms with van der Waals surface area (Å²) in [5.74, 6) is 0.238. The van der Waals surface area contributed by atoms with Crippen molar-refractivity contribution in [2.24, 2.45) is 0 Å². The summed E-state index contributed by atoms with van der Waals surface area (Å²) in [6.07, 6.45) is 0.785. The van der Waals surface area contributed by atoms with Gasteiger partial charge in [-0.3, -0.25) is 4.79 Å². The van der Waals surface area contributed by atoms with Gasteiger partial charge in [0.05, 0.1) is 6.04 Å². The molecule has 1 aliphatic heterocycles. The van der Waals surface area contributed by atoms with Gasteiger partial charge in [0.1, 0.15) is 0 Å². The number of fused-ring (bicyclic) bond motifs is 1. The van der Waals surface area contributed by atoms with Crippen LogP contribution in [0.2, 0.25) is 0 Å². The van der Waals surface area contributed by atoms with Crippen molar-refractivity contribution >= 4 is 5.91 Å². The van der Waals surface area contributed by atoms with E-state index < -0.39 is 0 Å². The first-order valence-corrected chi connectivity index (χ1v) is 6.70. The highest BCUT2D eigenvalue weighted by molar-refractivity contribution is 5.90. The topological polar surface area (TPSA) is 80.0 Å². The molecule has 0 unspecified atom stereocenters. The molecule has 0 radical (unpaired) electrons. The standard InChI is InChI=1S/C14H16N4O2/c1-2-15-13(19)12-17-14(20-18-12)11-7-9-5-3-4-6-10(9)8-16-11/h3-6,11,16H,2,7-8H2,1H3,(H,15,19)/t11-/m0/s1. The maximum Gasteiger partial charge on any atom is 0.292 e. The van der Waals surface area contributed by atoms with Gasteiger partial charge in [-0.2, -0.15) is 4.98 Å². The molecule has 3 rings (SSSR count). The summed E-state index contributed by atoms with van der Waals surface area (Å²) >= 11 is 0. The minimum atomic E-state index is -0.307. The van der Waals surface area contributed by atoms with Crippen LogP contribution in [0.25, 0.3) is 0 Å². The Morgan fingerprint density at radius 2 is 2.25 bits per heavy atom. The molecule has 0 saturated heterocycles. The molecular formula is C14H16N4O2. The Hall–Kier alpha value is -2.21. The van der Waals surface area contributed by atoms with Gasteiger partial charge in [-0.15, -0.1) is 0 Å². The molecule has 1 aromatic carbocycles. The number of amides is 1. The van der Waals surface area contributed by atoms with E-state index in [9.17, 15) is 4.79 Å². The molecule has 0 fully saturated rings. The minimum absolute atomic E-state index is 0.0411. The van der Waals surface area contributed by atoms with Crippen LogP contribution < -0.4 is 10.6 Å². The number of hydrogen-bond donors (Lipinski definition) is 2. The van der Waals surface area contributed by atoms with E-state index in [4.69, 9.17) is 4.52 Å². The first kappa shape index (κ1) is 12.8. The van der Waals surface area contributed by atoms with E-state index in [0.717, 1.165) is 13.0 Å². The van der Waals surface area contributed by atoms with Gasteiger partial charge in [0.15, 0.2) is 0 Å². The molecule has 1 amide bonds. The van der Waals surface area contributed by atoms with Crippen molar-refractivity contribution < 1.29 is 9.32 Å². The molecule has 0 bridgehead atoms. The van der Waals surface area contributed by atoms with Gasteiger partial charge in [-0.25, -0.2) is 0 Å². The van der Waals surface area contributed by atoms with E-state index in [1.807, 2.05) is 19.1 Å². The summed E-state index contributed by atoms with van der Waals surface area (Å²) in [5.41, 5.74) is 2.56. The van der Waals surface area contributed by atoms with Crippen molar-refractivity contribution in [2.75, 3.05) is 6.54 Å². The van der Waals surface area contributed by atoms with Crippen LogP contribution in [-0.4, -0.2) is 22.6 Å². The van der Waals surface area contributed by atoms with Gasteiger partial charge in [0.25, 0.3) is 11.7 Å². The lowest BCUT2D eigenvalue weighted by Crippen LogP contribution is -2.29. The first-order valence-electron chi connectivity index (χ1n) is 6.70. The fraction of sp³-hybridized carbons (Fsp3) is 0.357. The van der Waals surface area contributed by atoms with Crippen molar-refractivity contribution in [2.45, 2.75) is 25.9 Å². The highest BCUT2D eigenvalue weighted by Crippen LogP contribution is 2.24. The molecule has 2 heterocycles. The Balaban J connectivity index is 1.77. The number of benzene rings is 1. The van der Waals surface area contributed by atoms with Crippen LogP contribution in [0, 0.1) is 0 Å². The van der Waals surface area contributed by atoms with E-state index in [0.29, 0.717) is 12.4 Å². The molecule has 0 saturated carbocycles. The zero-order valence-corrected chi connectivity index (χ0v) is 11.2. The lowest BCUT2D eigenvalue weighted by molar-refractivity contribution is 0.0942. The smallest absolute Gasteiger partial charge is 0.292 e. The SMILES string of the molecule is CCNC(=O)c1noc([C@@H]2Cc3ccccc3CN2)n1. The Kier molecular flexibility index (Phi) is 3.47. The fourth-order valence-corrected chi connectivity index (χ4v) is 2.34. The Morgan fingerprint density at radius 3 is 3.05 bits per heavy atom. The van der Waals surface area contributed by atoms with Crippen molar-refractivity contribution in [3.63, 3.8) is 0 Å². The van der Waals surface area contributed by atoms with Crippen molar-refractivity contribution in [3.05, 3.63) is 47.1 Å². The maximum absolute atomic E-state index is 11.6. The normalized spacial score (nSPS) is 17.6. The molecule has 104 valence electrons. The van der Waals surface area contributed by atoms with Crippen molar-refractivity contribution in [1.82, 2.24) is 20.8 Å². The molecular weight excluding hydrogens is 256 g/mol. The van der Waals surface area contributed by atoms with Crippen LogP contribution in [0.15, 0.2) is 28.8 Å². The third-order valence-electron chi connectivity index (χ3n) is 3.36. The number of carbonyl (C=O) groups excluding carboxylic acids is 1. The molecule has 1 aromatic heterocycles. The van der Waals surface area contributed by atoms with Crippen LogP contribution in [0.1, 0.15) is 40.6 Å². The Labute approximate surface area is 116 Å². The fourth-order valence-electron chi connectivity index (χ4n) is 2.34. The van der Waals surface area contributed by atoms with Gasteiger partial charge >= 0.3 is 0 Å². The second kappa shape index (κ2) is 5.42. The average Bonchev–Trinajstić information content (AvgIpc) is 2.97. The van der Waals surface area contributed by atoms with Crippen LogP contribution in [0.5, 0.6) is 0 Å². The monoisotopic (exact) mass is 272 g/mol. The van der Waals surface area contributed by atoms with Crippen LogP contribution >= 0.6 is 0 Å². The van der Waals surface area contributed by atoms with E-state index >= 15 is 0 Å². The predicted octanol–water partition coefficient (Wildman–Crippen LogP) is 1.21. The minimum Gasteiger partial charge on any atom is -0.349 e. The summed E-state index contributed by atoms with van der Waals surface area (Å²) < 4.78 is 5.20. The van der Waals surface area contributed by atoms with E-state index in [-0.39, 0.29) is 17.8 Å². The maximum atomic E-state index is 11.6. The van der Waals surface area contributed by atoms with Gasteiger partial charge in [-0.1, -0.05) is 29.4 Å². The molecule has 6 nitrogen and oxygen atoms in total. The summed E-state index contributed by atoms with van der Waals surface area (Å²) in [6, 6.07) is 8.22. The van der Waals surface area contributed by atoms with Gasteiger partial charge < -0.3 is 15.2 Å². The number of nitrogens with zero attached hydrogens (tertiary/aromatic N) is 2. The molecule has 2 aromatic rings. The van der Waals surface area contributed by atoms with Crippen LogP contribution in [0.4, 0.5) is 0 Å². The zero-order chi connectivity index (χ0) is 13.9. The van der Waals surface area contributed by atoms with Gasteiger partial charge in [0, 0.05) is 13.1 Å². The number of rotatable bonds is 3. The lowest BCUT2D eigenvalue weighted by Gasteiger charge is -2.23. The number of hydrogen-bond acceptors (Lipinski definition) is 5.